The standard InChI is InChI=1S/C20H25Cl2N3O3S/c1-13(2)24-29(27,28)17-8-6-16(7-9-17)23-20(26)14(3)25(4)12-15-5-10-18(21)19(22)11-15/h5-11,13-14,24H,12H2,1-4H3,(H,23,26). The van der Waals surface area contributed by atoms with E-state index in [2.05, 4.69) is 10.0 Å². The van der Waals surface area contributed by atoms with E-state index >= 15 is 0 Å². The molecule has 0 saturated heterocycles. The summed E-state index contributed by atoms with van der Waals surface area (Å²) in [6.07, 6.45) is 0. The number of likely N-dealkylation sites (N-methyl/N-ethyl adjacent to an activating group) is 1. The van der Waals surface area contributed by atoms with E-state index in [1.807, 2.05) is 18.0 Å². The normalized spacial score (nSPS) is 13.0. The highest BCUT2D eigenvalue weighted by atomic mass is 35.5. The van der Waals surface area contributed by atoms with Crippen LogP contribution in [0.2, 0.25) is 10.0 Å². The van der Waals surface area contributed by atoms with E-state index in [4.69, 9.17) is 23.2 Å². The van der Waals surface area contributed by atoms with Gasteiger partial charge >= 0.3 is 0 Å². The predicted octanol–water partition coefficient (Wildman–Crippen LogP) is 4.14. The average molecular weight is 458 g/mol. The third-order valence-corrected chi connectivity index (χ3v) is 6.69. The second-order valence-electron chi connectivity index (χ2n) is 7.13. The van der Waals surface area contributed by atoms with E-state index in [9.17, 15) is 13.2 Å². The maximum absolute atomic E-state index is 12.6. The van der Waals surface area contributed by atoms with Crippen molar-refractivity contribution in [3.8, 4) is 0 Å². The van der Waals surface area contributed by atoms with Gasteiger partial charge in [0.25, 0.3) is 0 Å². The summed E-state index contributed by atoms with van der Waals surface area (Å²) in [5, 5.41) is 3.76. The lowest BCUT2D eigenvalue weighted by molar-refractivity contribution is -0.120. The molecule has 0 aliphatic carbocycles. The Balaban J connectivity index is 2.00. The van der Waals surface area contributed by atoms with Gasteiger partial charge in [0.1, 0.15) is 0 Å². The number of hydrogen-bond acceptors (Lipinski definition) is 4. The summed E-state index contributed by atoms with van der Waals surface area (Å²) in [7, 11) is -1.73. The van der Waals surface area contributed by atoms with Gasteiger partial charge in [-0.05, 0) is 69.8 Å². The average Bonchev–Trinajstić information content (AvgIpc) is 2.63. The molecule has 2 aromatic rings. The maximum atomic E-state index is 12.6. The molecular formula is C20H25Cl2N3O3S. The van der Waals surface area contributed by atoms with Crippen molar-refractivity contribution >= 4 is 44.8 Å². The zero-order valence-corrected chi connectivity index (χ0v) is 19.1. The van der Waals surface area contributed by atoms with Gasteiger partial charge in [-0.25, -0.2) is 13.1 Å². The summed E-state index contributed by atoms with van der Waals surface area (Å²) in [6, 6.07) is 10.8. The van der Waals surface area contributed by atoms with Crippen LogP contribution in [0.15, 0.2) is 47.4 Å². The van der Waals surface area contributed by atoms with Crippen molar-refractivity contribution in [3.05, 3.63) is 58.1 Å². The summed E-state index contributed by atoms with van der Waals surface area (Å²) >= 11 is 12.0. The molecule has 0 aliphatic rings. The Labute approximate surface area is 182 Å². The number of carbonyl (C=O) groups is 1. The number of carbonyl (C=O) groups excluding carboxylic acids is 1. The van der Waals surface area contributed by atoms with Crippen LogP contribution in [-0.2, 0) is 21.4 Å². The molecule has 2 aromatic carbocycles. The van der Waals surface area contributed by atoms with Gasteiger partial charge in [-0.15, -0.1) is 0 Å². The highest BCUT2D eigenvalue weighted by Gasteiger charge is 2.19. The number of anilines is 1. The summed E-state index contributed by atoms with van der Waals surface area (Å²) < 4.78 is 26.9. The number of amides is 1. The van der Waals surface area contributed by atoms with Gasteiger partial charge in [0.05, 0.1) is 21.0 Å². The molecule has 9 heteroatoms. The first-order chi connectivity index (χ1) is 13.5. The highest BCUT2D eigenvalue weighted by Crippen LogP contribution is 2.23. The molecule has 0 radical (unpaired) electrons. The van der Waals surface area contributed by atoms with Crippen LogP contribution in [0.1, 0.15) is 26.3 Å². The van der Waals surface area contributed by atoms with Crippen LogP contribution in [0.3, 0.4) is 0 Å². The Morgan fingerprint density at radius 2 is 1.66 bits per heavy atom. The second kappa shape index (κ2) is 9.91. The lowest BCUT2D eigenvalue weighted by Crippen LogP contribution is -2.39. The second-order valence-corrected chi connectivity index (χ2v) is 9.66. The van der Waals surface area contributed by atoms with Crippen LogP contribution in [0, 0.1) is 0 Å². The quantitative estimate of drug-likeness (QED) is 0.624. The van der Waals surface area contributed by atoms with E-state index in [0.717, 1.165) is 5.56 Å². The topological polar surface area (TPSA) is 78.5 Å². The number of halogens is 2. The summed E-state index contributed by atoms with van der Waals surface area (Å²) in [5.74, 6) is -0.205. The minimum absolute atomic E-state index is 0.147. The lowest BCUT2D eigenvalue weighted by Gasteiger charge is -2.24. The van der Waals surface area contributed by atoms with E-state index in [-0.39, 0.29) is 16.8 Å². The number of rotatable bonds is 8. The lowest BCUT2D eigenvalue weighted by atomic mass is 10.2. The largest absolute Gasteiger partial charge is 0.325 e. The van der Waals surface area contributed by atoms with Crippen molar-refractivity contribution in [2.45, 2.75) is 44.3 Å². The fraction of sp³-hybridized carbons (Fsp3) is 0.350. The number of nitrogens with one attached hydrogen (secondary N) is 2. The molecule has 6 nitrogen and oxygen atoms in total. The Kier molecular flexibility index (Phi) is 8.08. The SMILES string of the molecule is CC(C)NS(=O)(=O)c1ccc(NC(=O)C(C)N(C)Cc2ccc(Cl)c(Cl)c2)cc1. The first-order valence-electron chi connectivity index (χ1n) is 9.07. The van der Waals surface area contributed by atoms with Crippen LogP contribution < -0.4 is 10.0 Å². The summed E-state index contributed by atoms with van der Waals surface area (Å²) in [4.78, 5) is 14.6. The highest BCUT2D eigenvalue weighted by molar-refractivity contribution is 7.89. The van der Waals surface area contributed by atoms with Crippen molar-refractivity contribution in [1.29, 1.82) is 0 Å². The molecule has 0 aromatic heterocycles. The maximum Gasteiger partial charge on any atom is 0.241 e. The number of nitrogens with zero attached hydrogens (tertiary/aromatic N) is 1. The molecular weight excluding hydrogens is 433 g/mol. The molecule has 2 N–H and O–H groups in total. The number of benzene rings is 2. The minimum atomic E-state index is -3.57. The third kappa shape index (κ3) is 6.69. The third-order valence-electron chi connectivity index (χ3n) is 4.28. The zero-order chi connectivity index (χ0) is 21.8. The molecule has 0 bridgehead atoms. The minimum Gasteiger partial charge on any atom is -0.325 e. The van der Waals surface area contributed by atoms with E-state index in [1.165, 1.54) is 12.1 Å². The van der Waals surface area contributed by atoms with Crippen LogP contribution in [0.4, 0.5) is 5.69 Å². The van der Waals surface area contributed by atoms with Crippen molar-refractivity contribution in [3.63, 3.8) is 0 Å². The fourth-order valence-electron chi connectivity index (χ4n) is 2.61. The van der Waals surface area contributed by atoms with E-state index in [1.54, 1.807) is 45.0 Å². The van der Waals surface area contributed by atoms with Crippen LogP contribution in [-0.4, -0.2) is 38.4 Å². The van der Waals surface area contributed by atoms with E-state index < -0.39 is 16.1 Å². The first-order valence-corrected chi connectivity index (χ1v) is 11.3. The van der Waals surface area contributed by atoms with Crippen molar-refractivity contribution in [2.24, 2.45) is 0 Å². The molecule has 0 heterocycles. The monoisotopic (exact) mass is 457 g/mol. The Bertz CT molecular complexity index is 963. The smallest absolute Gasteiger partial charge is 0.241 e. The van der Waals surface area contributed by atoms with Gasteiger partial charge in [-0.2, -0.15) is 0 Å². The molecule has 0 fully saturated rings. The summed E-state index contributed by atoms with van der Waals surface area (Å²) in [6.45, 7) is 5.81. The van der Waals surface area contributed by atoms with Gasteiger partial charge in [-0.3, -0.25) is 9.69 Å². The van der Waals surface area contributed by atoms with Gasteiger partial charge < -0.3 is 5.32 Å². The van der Waals surface area contributed by atoms with Crippen LogP contribution in [0.5, 0.6) is 0 Å². The molecule has 1 atom stereocenters. The number of hydrogen-bond donors (Lipinski definition) is 2. The van der Waals surface area contributed by atoms with Crippen molar-refractivity contribution in [2.75, 3.05) is 12.4 Å². The molecule has 0 aliphatic heterocycles. The Morgan fingerprint density at radius 1 is 1.03 bits per heavy atom. The molecule has 0 spiro atoms. The van der Waals surface area contributed by atoms with Crippen molar-refractivity contribution in [1.82, 2.24) is 9.62 Å². The van der Waals surface area contributed by atoms with Crippen LogP contribution in [0.25, 0.3) is 0 Å². The van der Waals surface area contributed by atoms with Gasteiger partial charge in [0.2, 0.25) is 15.9 Å². The molecule has 29 heavy (non-hydrogen) atoms. The first kappa shape index (κ1) is 23.6. The van der Waals surface area contributed by atoms with E-state index in [0.29, 0.717) is 22.3 Å². The predicted molar refractivity (Wildman–Crippen MR) is 118 cm³/mol. The van der Waals surface area contributed by atoms with Gasteiger partial charge in [0, 0.05) is 18.3 Å². The van der Waals surface area contributed by atoms with Crippen molar-refractivity contribution < 1.29 is 13.2 Å². The molecule has 0 saturated carbocycles. The molecule has 2 rings (SSSR count). The van der Waals surface area contributed by atoms with Crippen LogP contribution >= 0.6 is 23.2 Å². The zero-order valence-electron chi connectivity index (χ0n) is 16.7. The number of sulfonamides is 1. The fourth-order valence-corrected chi connectivity index (χ4v) is 4.18. The van der Waals surface area contributed by atoms with Gasteiger partial charge in [-0.1, -0.05) is 29.3 Å². The summed E-state index contributed by atoms with van der Waals surface area (Å²) in [5.41, 5.74) is 1.46. The molecule has 1 unspecified atom stereocenters. The molecule has 158 valence electrons. The Morgan fingerprint density at radius 3 is 2.21 bits per heavy atom. The van der Waals surface area contributed by atoms with Gasteiger partial charge in [0.15, 0.2) is 0 Å². The Hall–Kier alpha value is -1.64. The molecule has 1 amide bonds.